The van der Waals surface area contributed by atoms with Crippen LogP contribution in [0.5, 0.6) is 0 Å². The van der Waals surface area contributed by atoms with Crippen molar-refractivity contribution in [1.29, 1.82) is 0 Å². The molecule has 0 radical (unpaired) electrons. The summed E-state index contributed by atoms with van der Waals surface area (Å²) in [6, 6.07) is 7.86. The summed E-state index contributed by atoms with van der Waals surface area (Å²) in [6.07, 6.45) is 4.01. The molecule has 164 valence electrons. The molecule has 0 saturated carbocycles. The third kappa shape index (κ3) is 4.95. The first-order valence-electron chi connectivity index (χ1n) is 10.5. The predicted molar refractivity (Wildman–Crippen MR) is 130 cm³/mol. The molecule has 8 heteroatoms. The number of hydrogen-bond acceptors (Lipinski definition) is 6. The maximum Gasteiger partial charge on any atom is 0.263 e. The molecule has 0 unspecified atom stereocenters. The molecule has 1 aromatic carbocycles. The van der Waals surface area contributed by atoms with Gasteiger partial charge in [0.25, 0.3) is 5.91 Å². The van der Waals surface area contributed by atoms with Gasteiger partial charge in [0.15, 0.2) is 0 Å². The third-order valence-electron chi connectivity index (χ3n) is 5.94. The summed E-state index contributed by atoms with van der Waals surface area (Å²) < 4.78 is 0. The van der Waals surface area contributed by atoms with Crippen molar-refractivity contribution in [2.75, 3.05) is 37.7 Å². The van der Waals surface area contributed by atoms with Crippen LogP contribution in [0, 0.1) is 12.8 Å². The number of nitrogens with zero attached hydrogens (tertiary/aromatic N) is 2. The average Bonchev–Trinajstić information content (AvgIpc) is 3.05. The number of halogens is 1. The number of rotatable bonds is 6. The summed E-state index contributed by atoms with van der Waals surface area (Å²) in [5.74, 6) is 1.00. The van der Waals surface area contributed by atoms with Gasteiger partial charge in [-0.25, -0.2) is 4.98 Å². The topological polar surface area (TPSA) is 83.3 Å². The number of amides is 1. The number of fused-ring (bicyclic) bond motifs is 1. The minimum Gasteiger partial charge on any atom is -0.383 e. The van der Waals surface area contributed by atoms with Crippen molar-refractivity contribution in [3.05, 3.63) is 50.8 Å². The second-order valence-corrected chi connectivity index (χ2v) is 9.84. The predicted octanol–water partition coefficient (Wildman–Crippen LogP) is 4.52. The summed E-state index contributed by atoms with van der Waals surface area (Å²) in [5, 5.41) is 9.09. The number of nitrogen functional groups attached to an aromatic ring is 1. The van der Waals surface area contributed by atoms with E-state index in [0.717, 1.165) is 59.4 Å². The van der Waals surface area contributed by atoms with Crippen molar-refractivity contribution < 1.29 is 4.79 Å². The monoisotopic (exact) mass is 457 g/mol. The molecule has 0 spiro atoms. The average molecular weight is 458 g/mol. The molecular weight excluding hydrogens is 430 g/mol. The fourth-order valence-electron chi connectivity index (χ4n) is 3.98. The molecule has 1 fully saturated rings. The van der Waals surface area contributed by atoms with Gasteiger partial charge in [0.2, 0.25) is 0 Å². The Morgan fingerprint density at radius 1 is 1.32 bits per heavy atom. The van der Waals surface area contributed by atoms with Crippen LogP contribution in [-0.4, -0.2) is 42.5 Å². The van der Waals surface area contributed by atoms with Crippen molar-refractivity contribution in [3.63, 3.8) is 0 Å². The lowest BCUT2D eigenvalue weighted by molar-refractivity contribution is 0.0955. The highest BCUT2D eigenvalue weighted by atomic mass is 35.5. The lowest BCUT2D eigenvalue weighted by Crippen LogP contribution is -2.33. The number of likely N-dealkylation sites (tertiary alicyclic amines) is 1. The van der Waals surface area contributed by atoms with Crippen LogP contribution < -0.4 is 16.4 Å². The number of carbonyl (C=O) groups is 1. The second kappa shape index (κ2) is 9.42. The van der Waals surface area contributed by atoms with Crippen molar-refractivity contribution in [2.24, 2.45) is 5.92 Å². The van der Waals surface area contributed by atoms with E-state index in [9.17, 15) is 4.79 Å². The molecular formula is C23H28ClN5OS. The van der Waals surface area contributed by atoms with Gasteiger partial charge >= 0.3 is 0 Å². The van der Waals surface area contributed by atoms with Crippen LogP contribution in [-0.2, 0) is 6.54 Å². The number of pyridine rings is 1. The van der Waals surface area contributed by atoms with Gasteiger partial charge < -0.3 is 21.3 Å². The number of aryl methyl sites for hydroxylation is 1. The number of thiophene rings is 1. The zero-order chi connectivity index (χ0) is 22.0. The standard InChI is InChI=1S/C23H28ClN5OS/c1-14-19(24)20(27-12-15-6-9-29(2)10-7-15)21(31-14)23(30)28-13-16-3-4-18-17(11-16)5-8-26-22(18)25/h3-5,8,11,15,27H,6-7,9-10,12-13H2,1-2H3,(H2,25,26)(H,28,30). The number of benzene rings is 1. The van der Waals surface area contributed by atoms with Crippen molar-refractivity contribution in [3.8, 4) is 0 Å². The number of nitrogens with two attached hydrogens (primary N) is 1. The van der Waals surface area contributed by atoms with E-state index < -0.39 is 0 Å². The third-order valence-corrected chi connectivity index (χ3v) is 7.62. The number of nitrogens with one attached hydrogen (secondary N) is 2. The minimum atomic E-state index is -0.111. The van der Waals surface area contributed by atoms with E-state index in [2.05, 4.69) is 27.6 Å². The number of anilines is 2. The number of hydrogen-bond donors (Lipinski definition) is 3. The quantitative estimate of drug-likeness (QED) is 0.506. The first-order chi connectivity index (χ1) is 14.9. The van der Waals surface area contributed by atoms with Crippen LogP contribution in [0.4, 0.5) is 11.5 Å². The number of carbonyl (C=O) groups excluding carboxylic acids is 1. The summed E-state index contributed by atoms with van der Waals surface area (Å²) in [5.41, 5.74) is 7.69. The summed E-state index contributed by atoms with van der Waals surface area (Å²) in [4.78, 5) is 21.0. The zero-order valence-corrected chi connectivity index (χ0v) is 19.4. The van der Waals surface area contributed by atoms with E-state index in [0.29, 0.717) is 28.2 Å². The van der Waals surface area contributed by atoms with E-state index in [-0.39, 0.29) is 5.91 Å². The number of aromatic nitrogens is 1. The van der Waals surface area contributed by atoms with Gasteiger partial charge in [-0.2, -0.15) is 0 Å². The lowest BCUT2D eigenvalue weighted by Gasteiger charge is -2.29. The van der Waals surface area contributed by atoms with E-state index in [1.165, 1.54) is 11.3 Å². The van der Waals surface area contributed by atoms with Crippen LogP contribution in [0.15, 0.2) is 30.5 Å². The van der Waals surface area contributed by atoms with Gasteiger partial charge in [0.05, 0.1) is 10.7 Å². The van der Waals surface area contributed by atoms with E-state index >= 15 is 0 Å². The summed E-state index contributed by atoms with van der Waals surface area (Å²) >= 11 is 7.97. The fourth-order valence-corrected chi connectivity index (χ4v) is 5.25. The highest BCUT2D eigenvalue weighted by molar-refractivity contribution is 7.15. The minimum absolute atomic E-state index is 0.111. The molecule has 3 aromatic rings. The molecule has 0 bridgehead atoms. The van der Waals surface area contributed by atoms with Crippen LogP contribution >= 0.6 is 22.9 Å². The Balaban J connectivity index is 1.43. The Morgan fingerprint density at radius 3 is 2.87 bits per heavy atom. The van der Waals surface area contributed by atoms with Crippen molar-refractivity contribution >= 4 is 51.1 Å². The molecule has 1 aliphatic heterocycles. The Kier molecular flexibility index (Phi) is 6.65. The van der Waals surface area contributed by atoms with Gasteiger partial charge in [0.1, 0.15) is 10.7 Å². The SMILES string of the molecule is Cc1sc(C(=O)NCc2ccc3c(N)nccc3c2)c(NCC2CCN(C)CC2)c1Cl. The van der Waals surface area contributed by atoms with Crippen LogP contribution in [0.25, 0.3) is 10.8 Å². The lowest BCUT2D eigenvalue weighted by atomic mass is 9.97. The van der Waals surface area contributed by atoms with Gasteiger partial charge in [-0.3, -0.25) is 4.79 Å². The highest BCUT2D eigenvalue weighted by Gasteiger charge is 2.22. The maximum absolute atomic E-state index is 13.0. The second-order valence-electron chi connectivity index (χ2n) is 8.24. The molecule has 4 N–H and O–H groups in total. The molecule has 0 aliphatic carbocycles. The first kappa shape index (κ1) is 21.9. The Labute approximate surface area is 191 Å². The van der Waals surface area contributed by atoms with Crippen LogP contribution in [0.2, 0.25) is 5.02 Å². The Morgan fingerprint density at radius 2 is 2.10 bits per heavy atom. The fraction of sp³-hybridized carbons (Fsp3) is 0.391. The molecule has 1 saturated heterocycles. The zero-order valence-electron chi connectivity index (χ0n) is 17.9. The summed E-state index contributed by atoms with van der Waals surface area (Å²) in [6.45, 7) is 5.45. The van der Waals surface area contributed by atoms with Gasteiger partial charge in [-0.05, 0) is 68.9 Å². The van der Waals surface area contributed by atoms with Crippen LogP contribution in [0.1, 0.15) is 33.0 Å². The number of piperidine rings is 1. The summed E-state index contributed by atoms with van der Waals surface area (Å²) in [7, 11) is 2.16. The van der Waals surface area contributed by atoms with Crippen molar-refractivity contribution in [2.45, 2.75) is 26.3 Å². The van der Waals surface area contributed by atoms with E-state index in [4.69, 9.17) is 17.3 Å². The molecule has 4 rings (SSSR count). The Hall–Kier alpha value is -2.35. The molecule has 0 atom stereocenters. The molecule has 1 aliphatic rings. The molecule has 1 amide bonds. The maximum atomic E-state index is 13.0. The van der Waals surface area contributed by atoms with E-state index in [1.54, 1.807) is 6.20 Å². The molecule has 6 nitrogen and oxygen atoms in total. The molecule has 3 heterocycles. The molecule has 31 heavy (non-hydrogen) atoms. The van der Waals surface area contributed by atoms with Gasteiger partial charge in [-0.15, -0.1) is 11.3 Å². The molecule has 2 aromatic heterocycles. The smallest absolute Gasteiger partial charge is 0.263 e. The normalized spacial score (nSPS) is 15.3. The largest absolute Gasteiger partial charge is 0.383 e. The van der Waals surface area contributed by atoms with E-state index in [1.807, 2.05) is 31.2 Å². The van der Waals surface area contributed by atoms with Crippen LogP contribution in [0.3, 0.4) is 0 Å². The van der Waals surface area contributed by atoms with Gasteiger partial charge in [-0.1, -0.05) is 23.7 Å². The highest BCUT2D eigenvalue weighted by Crippen LogP contribution is 2.37. The van der Waals surface area contributed by atoms with Crippen molar-refractivity contribution in [1.82, 2.24) is 15.2 Å². The van der Waals surface area contributed by atoms with Gasteiger partial charge in [0, 0.05) is 29.5 Å². The first-order valence-corrected chi connectivity index (χ1v) is 11.7. The Bertz CT molecular complexity index is 1090.